The van der Waals surface area contributed by atoms with Crippen molar-refractivity contribution in [2.45, 2.75) is 90.9 Å². The molecule has 3 rings (SSSR count). The van der Waals surface area contributed by atoms with Gasteiger partial charge in [-0.1, -0.05) is 63.6 Å². The Kier molecular flexibility index (Phi) is 7.79. The molecule has 0 radical (unpaired) electrons. The van der Waals surface area contributed by atoms with Crippen molar-refractivity contribution < 1.29 is 9.53 Å². The second-order valence-corrected chi connectivity index (χ2v) is 9.07. The second kappa shape index (κ2) is 10.3. The molecule has 2 fully saturated rings. The lowest BCUT2D eigenvalue weighted by molar-refractivity contribution is -0.140. The summed E-state index contributed by atoms with van der Waals surface area (Å²) in [4.78, 5) is 12.5. The van der Waals surface area contributed by atoms with E-state index in [4.69, 9.17) is 4.74 Å². The number of ether oxygens (including phenoxy) is 1. The lowest BCUT2D eigenvalue weighted by Crippen LogP contribution is -2.30. The predicted octanol–water partition coefficient (Wildman–Crippen LogP) is 7.09. The van der Waals surface area contributed by atoms with Crippen molar-refractivity contribution in [1.82, 2.24) is 0 Å². The third-order valence-electron chi connectivity index (χ3n) is 7.18. The van der Waals surface area contributed by atoms with E-state index < -0.39 is 0 Å². The molecule has 0 aliphatic heterocycles. The molecule has 150 valence electrons. The monoisotopic (exact) mass is 370 g/mol. The van der Waals surface area contributed by atoms with Crippen molar-refractivity contribution in [2.24, 2.45) is 23.7 Å². The van der Waals surface area contributed by atoms with Crippen LogP contribution in [0, 0.1) is 30.6 Å². The highest BCUT2D eigenvalue weighted by Gasteiger charge is 2.33. The van der Waals surface area contributed by atoms with Crippen molar-refractivity contribution in [3.63, 3.8) is 0 Å². The van der Waals surface area contributed by atoms with Crippen LogP contribution in [-0.4, -0.2) is 5.97 Å². The van der Waals surface area contributed by atoms with Gasteiger partial charge in [-0.15, -0.1) is 0 Å². The van der Waals surface area contributed by atoms with E-state index in [1.807, 2.05) is 31.2 Å². The molecule has 0 atom stereocenters. The highest BCUT2D eigenvalue weighted by molar-refractivity contribution is 5.75. The topological polar surface area (TPSA) is 26.3 Å². The van der Waals surface area contributed by atoms with Crippen LogP contribution in [0.2, 0.25) is 0 Å². The van der Waals surface area contributed by atoms with Gasteiger partial charge in [-0.3, -0.25) is 4.79 Å². The van der Waals surface area contributed by atoms with Crippen LogP contribution in [0.1, 0.15) is 89.5 Å². The van der Waals surface area contributed by atoms with Crippen LogP contribution in [0.5, 0.6) is 5.75 Å². The maximum absolute atomic E-state index is 12.5. The number of aryl methyl sites for hydroxylation is 1. The summed E-state index contributed by atoms with van der Waals surface area (Å²) in [5.74, 6) is 3.58. The minimum Gasteiger partial charge on any atom is -0.426 e. The zero-order valence-electron chi connectivity index (χ0n) is 17.4. The van der Waals surface area contributed by atoms with Gasteiger partial charge in [-0.2, -0.15) is 0 Å². The van der Waals surface area contributed by atoms with Crippen molar-refractivity contribution in [2.75, 3.05) is 0 Å². The van der Waals surface area contributed by atoms with E-state index in [0.717, 1.165) is 41.9 Å². The summed E-state index contributed by atoms with van der Waals surface area (Å²) in [5, 5.41) is 0. The molecule has 0 spiro atoms. The minimum atomic E-state index is -0.0117. The molecular formula is C25H38O2. The van der Waals surface area contributed by atoms with Gasteiger partial charge in [0, 0.05) is 0 Å². The average Bonchev–Trinajstić information content (AvgIpc) is 2.70. The summed E-state index contributed by atoms with van der Waals surface area (Å²) in [5.41, 5.74) is 1.04. The van der Waals surface area contributed by atoms with E-state index in [-0.39, 0.29) is 11.9 Å². The van der Waals surface area contributed by atoms with Gasteiger partial charge in [-0.25, -0.2) is 0 Å². The SMILES string of the molecule is CCCCCC1CCC(C2CCC(C(=O)Oc3ccccc3C)CC2)CC1. The third-order valence-corrected chi connectivity index (χ3v) is 7.18. The van der Waals surface area contributed by atoms with Crippen LogP contribution in [0.15, 0.2) is 24.3 Å². The third kappa shape index (κ3) is 5.83. The maximum atomic E-state index is 12.5. The average molecular weight is 371 g/mol. The summed E-state index contributed by atoms with van der Waals surface area (Å²) in [6.45, 7) is 4.29. The zero-order valence-corrected chi connectivity index (χ0v) is 17.4. The molecule has 0 saturated heterocycles. The lowest BCUT2D eigenvalue weighted by Gasteiger charge is -2.37. The summed E-state index contributed by atoms with van der Waals surface area (Å²) in [7, 11) is 0. The molecular weight excluding hydrogens is 332 g/mol. The lowest BCUT2D eigenvalue weighted by atomic mass is 9.68. The molecule has 2 heteroatoms. The summed E-state index contributed by atoms with van der Waals surface area (Å²) < 4.78 is 5.69. The molecule has 1 aromatic carbocycles. The van der Waals surface area contributed by atoms with Gasteiger partial charge in [0.05, 0.1) is 5.92 Å². The molecule has 0 bridgehead atoms. The number of unbranched alkanes of at least 4 members (excludes halogenated alkanes) is 2. The van der Waals surface area contributed by atoms with E-state index in [0.29, 0.717) is 0 Å². The summed E-state index contributed by atoms with van der Waals surface area (Å²) in [6.07, 6.45) is 15.9. The maximum Gasteiger partial charge on any atom is 0.314 e. The first-order valence-electron chi connectivity index (χ1n) is 11.4. The highest BCUT2D eigenvalue weighted by Crippen LogP contribution is 2.42. The minimum absolute atomic E-state index is 0.0117. The van der Waals surface area contributed by atoms with E-state index in [2.05, 4.69) is 6.92 Å². The molecule has 27 heavy (non-hydrogen) atoms. The van der Waals surface area contributed by atoms with Gasteiger partial charge < -0.3 is 4.74 Å². The standard InChI is InChI=1S/C25H38O2/c1-3-4-5-9-20-11-13-21(14-12-20)22-15-17-23(18-16-22)25(26)27-24-10-7-6-8-19(24)2/h6-8,10,20-23H,3-5,9,11-18H2,1-2H3. The van der Waals surface area contributed by atoms with Crippen LogP contribution >= 0.6 is 0 Å². The molecule has 1 aromatic rings. The Morgan fingerprint density at radius 1 is 0.926 bits per heavy atom. The fourth-order valence-corrected chi connectivity index (χ4v) is 5.32. The quantitative estimate of drug-likeness (QED) is 0.291. The second-order valence-electron chi connectivity index (χ2n) is 9.07. The van der Waals surface area contributed by atoms with Gasteiger partial charge >= 0.3 is 5.97 Å². The van der Waals surface area contributed by atoms with Crippen molar-refractivity contribution in [1.29, 1.82) is 0 Å². The Hall–Kier alpha value is -1.31. The first-order valence-corrected chi connectivity index (χ1v) is 11.4. The van der Waals surface area contributed by atoms with Gasteiger partial charge in [0.15, 0.2) is 0 Å². The Labute approximate surface area is 166 Å². The van der Waals surface area contributed by atoms with Gasteiger partial charge in [-0.05, 0) is 74.8 Å². The first kappa shape index (κ1) is 20.4. The van der Waals surface area contributed by atoms with Crippen LogP contribution in [-0.2, 0) is 4.79 Å². The van der Waals surface area contributed by atoms with Crippen molar-refractivity contribution in [3.8, 4) is 5.75 Å². The number of para-hydroxylation sites is 1. The number of rotatable bonds is 7. The Morgan fingerprint density at radius 2 is 1.56 bits per heavy atom. The van der Waals surface area contributed by atoms with Crippen LogP contribution < -0.4 is 4.74 Å². The van der Waals surface area contributed by atoms with E-state index in [1.165, 1.54) is 64.2 Å². The van der Waals surface area contributed by atoms with Crippen LogP contribution in [0.3, 0.4) is 0 Å². The van der Waals surface area contributed by atoms with Crippen LogP contribution in [0.4, 0.5) is 0 Å². The fraction of sp³-hybridized carbons (Fsp3) is 0.720. The fourth-order valence-electron chi connectivity index (χ4n) is 5.32. The van der Waals surface area contributed by atoms with Gasteiger partial charge in [0.1, 0.15) is 5.75 Å². The summed E-state index contributed by atoms with van der Waals surface area (Å²) in [6, 6.07) is 7.82. The molecule has 2 saturated carbocycles. The van der Waals surface area contributed by atoms with Gasteiger partial charge in [0.2, 0.25) is 0 Å². The molecule has 0 amide bonds. The highest BCUT2D eigenvalue weighted by atomic mass is 16.5. The number of hydrogen-bond donors (Lipinski definition) is 0. The summed E-state index contributed by atoms with van der Waals surface area (Å²) >= 11 is 0. The normalized spacial score (nSPS) is 28.7. The predicted molar refractivity (Wildman–Crippen MR) is 112 cm³/mol. The number of esters is 1. The Bertz CT molecular complexity index is 578. The molecule has 2 aliphatic carbocycles. The van der Waals surface area contributed by atoms with Crippen molar-refractivity contribution in [3.05, 3.63) is 29.8 Å². The van der Waals surface area contributed by atoms with Crippen molar-refractivity contribution >= 4 is 5.97 Å². The largest absolute Gasteiger partial charge is 0.426 e. The first-order chi connectivity index (χ1) is 13.2. The molecule has 0 unspecified atom stereocenters. The molecule has 2 nitrogen and oxygen atoms in total. The number of carbonyl (C=O) groups excluding carboxylic acids is 1. The number of carbonyl (C=O) groups is 1. The Balaban J connectivity index is 1.39. The molecule has 0 heterocycles. The molecule has 0 N–H and O–H groups in total. The van der Waals surface area contributed by atoms with E-state index in [1.54, 1.807) is 0 Å². The van der Waals surface area contributed by atoms with Crippen LogP contribution in [0.25, 0.3) is 0 Å². The molecule has 0 aromatic heterocycles. The Morgan fingerprint density at radius 3 is 2.19 bits per heavy atom. The molecule has 2 aliphatic rings. The van der Waals surface area contributed by atoms with Gasteiger partial charge in [0.25, 0.3) is 0 Å². The van der Waals surface area contributed by atoms with E-state index in [9.17, 15) is 4.79 Å². The number of hydrogen-bond acceptors (Lipinski definition) is 2. The number of benzene rings is 1. The van der Waals surface area contributed by atoms with E-state index >= 15 is 0 Å². The zero-order chi connectivity index (χ0) is 19.1. The smallest absolute Gasteiger partial charge is 0.314 e.